The minimum absolute atomic E-state index is 0.257. The van der Waals surface area contributed by atoms with E-state index < -0.39 is 42.3 Å². The van der Waals surface area contributed by atoms with Crippen molar-refractivity contribution in [2.45, 2.75) is 87.8 Å². The van der Waals surface area contributed by atoms with Gasteiger partial charge in [-0.2, -0.15) is 5.26 Å². The number of alkyl halides is 2. The number of halogens is 2. The van der Waals surface area contributed by atoms with Gasteiger partial charge in [-0.15, -0.1) is 0 Å². The van der Waals surface area contributed by atoms with Crippen LogP contribution in [0.3, 0.4) is 0 Å². The molecular formula is C28H37F2N5O2. The summed E-state index contributed by atoms with van der Waals surface area (Å²) in [6.45, 7) is 3.37. The second-order valence-electron chi connectivity index (χ2n) is 11.7. The van der Waals surface area contributed by atoms with Gasteiger partial charge in [0, 0.05) is 32.0 Å². The first-order chi connectivity index (χ1) is 17.7. The number of nitriles is 1. The highest BCUT2D eigenvalue weighted by Crippen LogP contribution is 2.43. The van der Waals surface area contributed by atoms with Gasteiger partial charge in [0.1, 0.15) is 11.6 Å². The number of rotatable bonds is 8. The quantitative estimate of drug-likeness (QED) is 0.553. The molecule has 2 aliphatic carbocycles. The maximum absolute atomic E-state index is 15.1. The fourth-order valence-corrected chi connectivity index (χ4v) is 5.91. The molecule has 0 radical (unpaired) electrons. The SMILES string of the molecule is N#CC1(NC(=O)[C@H](CC(F)(F)Cc2ccccc2)NC(=O)N2CCC3(CC2)CCN(C2CC2)CC3)CC1. The molecule has 2 aliphatic heterocycles. The number of hydrogen-bond donors (Lipinski definition) is 2. The number of carbonyl (C=O) groups excluding carboxylic acids is 2. The Hall–Kier alpha value is -2.73. The maximum Gasteiger partial charge on any atom is 0.318 e. The molecule has 4 fully saturated rings. The van der Waals surface area contributed by atoms with Crippen LogP contribution in [0.1, 0.15) is 63.4 Å². The van der Waals surface area contributed by atoms with Gasteiger partial charge in [-0.1, -0.05) is 30.3 Å². The lowest BCUT2D eigenvalue weighted by Gasteiger charge is -2.47. The Labute approximate surface area is 217 Å². The van der Waals surface area contributed by atoms with E-state index in [1.54, 1.807) is 35.2 Å². The van der Waals surface area contributed by atoms with E-state index in [1.807, 2.05) is 0 Å². The first kappa shape index (κ1) is 25.9. The first-order valence-electron chi connectivity index (χ1n) is 13.7. The van der Waals surface area contributed by atoms with Gasteiger partial charge in [0.2, 0.25) is 5.91 Å². The average Bonchev–Trinajstić information content (AvgIpc) is 3.81. The van der Waals surface area contributed by atoms with E-state index in [1.165, 1.54) is 12.8 Å². The van der Waals surface area contributed by atoms with Crippen LogP contribution in [0.15, 0.2) is 30.3 Å². The molecular weight excluding hydrogens is 476 g/mol. The molecule has 1 aromatic rings. The zero-order valence-corrected chi connectivity index (χ0v) is 21.4. The van der Waals surface area contributed by atoms with Gasteiger partial charge in [0.25, 0.3) is 5.92 Å². The minimum Gasteiger partial charge on any atom is -0.336 e. The van der Waals surface area contributed by atoms with Crippen LogP contribution in [-0.2, 0) is 11.2 Å². The van der Waals surface area contributed by atoms with Crippen LogP contribution >= 0.6 is 0 Å². The van der Waals surface area contributed by atoms with Crippen molar-refractivity contribution in [2.75, 3.05) is 26.2 Å². The number of nitrogens with zero attached hydrogens (tertiary/aromatic N) is 3. The first-order valence-corrected chi connectivity index (χ1v) is 13.7. The lowest BCUT2D eigenvalue weighted by atomic mass is 9.71. The van der Waals surface area contributed by atoms with Crippen molar-refractivity contribution in [3.63, 3.8) is 0 Å². The van der Waals surface area contributed by atoms with Crippen LogP contribution in [0.2, 0.25) is 0 Å². The standard InChI is InChI=1S/C28H37F2N5O2/c29-28(30,18-21-4-2-1-3-5-21)19-23(24(36)33-27(20-31)8-9-27)32-25(37)35-16-12-26(13-17-35)10-14-34(15-11-26)22-6-7-22/h1-5,22-23H,6-19H2,(H,32,37)(H,33,36)/t23-/m0/s1. The molecule has 37 heavy (non-hydrogen) atoms. The minimum atomic E-state index is -3.21. The number of amides is 3. The van der Waals surface area contributed by atoms with E-state index in [0.29, 0.717) is 31.5 Å². The van der Waals surface area contributed by atoms with Crippen molar-refractivity contribution in [3.05, 3.63) is 35.9 Å². The fraction of sp³-hybridized carbons (Fsp3) is 0.679. The van der Waals surface area contributed by atoms with Crippen LogP contribution in [0.25, 0.3) is 0 Å². The largest absolute Gasteiger partial charge is 0.336 e. The number of piperidine rings is 2. The van der Waals surface area contributed by atoms with Crippen LogP contribution in [0, 0.1) is 16.7 Å². The summed E-state index contributed by atoms with van der Waals surface area (Å²) in [5.74, 6) is -3.93. The maximum atomic E-state index is 15.1. The third-order valence-corrected chi connectivity index (χ3v) is 8.78. The van der Waals surface area contributed by atoms with Crippen LogP contribution in [-0.4, -0.2) is 71.5 Å². The zero-order chi connectivity index (χ0) is 26.1. The molecule has 2 N–H and O–H groups in total. The highest BCUT2D eigenvalue weighted by atomic mass is 19.3. The molecule has 200 valence electrons. The zero-order valence-electron chi connectivity index (χ0n) is 21.4. The van der Waals surface area contributed by atoms with Crippen molar-refractivity contribution in [1.82, 2.24) is 20.4 Å². The van der Waals surface area contributed by atoms with Crippen molar-refractivity contribution >= 4 is 11.9 Å². The summed E-state index contributed by atoms with van der Waals surface area (Å²) in [7, 11) is 0. The lowest BCUT2D eigenvalue weighted by molar-refractivity contribution is -0.126. The molecule has 0 aromatic heterocycles. The molecule has 5 rings (SSSR count). The average molecular weight is 514 g/mol. The molecule has 4 aliphatic rings. The van der Waals surface area contributed by atoms with Crippen LogP contribution in [0.4, 0.5) is 13.6 Å². The smallest absolute Gasteiger partial charge is 0.318 e. The number of benzene rings is 1. The Morgan fingerprint density at radius 3 is 2.22 bits per heavy atom. The summed E-state index contributed by atoms with van der Waals surface area (Å²) in [5, 5.41) is 14.6. The van der Waals surface area contributed by atoms with Crippen LogP contribution < -0.4 is 10.6 Å². The number of likely N-dealkylation sites (tertiary alicyclic amines) is 2. The summed E-state index contributed by atoms with van der Waals surface area (Å²) >= 11 is 0. The molecule has 2 saturated carbocycles. The summed E-state index contributed by atoms with van der Waals surface area (Å²) in [4.78, 5) is 30.4. The molecule has 3 amide bonds. The molecule has 2 heterocycles. The molecule has 9 heteroatoms. The van der Waals surface area contributed by atoms with Crippen molar-refractivity contribution < 1.29 is 18.4 Å². The molecule has 1 spiro atoms. The monoisotopic (exact) mass is 513 g/mol. The van der Waals surface area contributed by atoms with Crippen molar-refractivity contribution in [1.29, 1.82) is 5.26 Å². The normalized spacial score (nSPS) is 23.6. The third kappa shape index (κ3) is 6.40. The van der Waals surface area contributed by atoms with E-state index in [-0.39, 0.29) is 5.41 Å². The number of urea groups is 1. The Morgan fingerprint density at radius 2 is 1.65 bits per heavy atom. The van der Waals surface area contributed by atoms with Gasteiger partial charge >= 0.3 is 6.03 Å². The fourth-order valence-electron chi connectivity index (χ4n) is 5.91. The Kier molecular flexibility index (Phi) is 7.14. The van der Waals surface area contributed by atoms with Crippen molar-refractivity contribution in [2.24, 2.45) is 5.41 Å². The third-order valence-electron chi connectivity index (χ3n) is 8.78. The lowest BCUT2D eigenvalue weighted by Crippen LogP contribution is -2.57. The van der Waals surface area contributed by atoms with Gasteiger partial charge in [-0.3, -0.25) is 4.79 Å². The number of carbonyl (C=O) groups is 2. The van der Waals surface area contributed by atoms with E-state index in [9.17, 15) is 14.9 Å². The summed E-state index contributed by atoms with van der Waals surface area (Å²) in [6.07, 6.45) is 6.35. The molecule has 1 aromatic carbocycles. The topological polar surface area (TPSA) is 88.5 Å². The van der Waals surface area contributed by atoms with E-state index in [0.717, 1.165) is 44.8 Å². The van der Waals surface area contributed by atoms with E-state index in [4.69, 9.17) is 0 Å². The number of nitrogens with one attached hydrogen (secondary N) is 2. The van der Waals surface area contributed by atoms with Crippen molar-refractivity contribution in [3.8, 4) is 6.07 Å². The molecule has 2 saturated heterocycles. The highest BCUT2D eigenvalue weighted by molar-refractivity contribution is 5.88. The highest BCUT2D eigenvalue weighted by Gasteiger charge is 2.47. The molecule has 0 unspecified atom stereocenters. The Morgan fingerprint density at radius 1 is 1.03 bits per heavy atom. The summed E-state index contributed by atoms with van der Waals surface area (Å²) in [6, 6.07) is 9.32. The van der Waals surface area contributed by atoms with Gasteiger partial charge in [0.15, 0.2) is 0 Å². The predicted molar refractivity (Wildman–Crippen MR) is 135 cm³/mol. The number of hydrogen-bond acceptors (Lipinski definition) is 4. The molecule has 7 nitrogen and oxygen atoms in total. The van der Waals surface area contributed by atoms with Gasteiger partial charge in [-0.25, -0.2) is 13.6 Å². The van der Waals surface area contributed by atoms with Gasteiger partial charge in [-0.05, 0) is 75.4 Å². The molecule has 0 bridgehead atoms. The summed E-state index contributed by atoms with van der Waals surface area (Å²) < 4.78 is 30.1. The van der Waals surface area contributed by atoms with E-state index in [2.05, 4.69) is 21.6 Å². The molecule has 1 atom stereocenters. The van der Waals surface area contributed by atoms with Gasteiger partial charge < -0.3 is 20.4 Å². The van der Waals surface area contributed by atoms with Gasteiger partial charge in [0.05, 0.1) is 6.07 Å². The Balaban J connectivity index is 1.19. The predicted octanol–water partition coefficient (Wildman–Crippen LogP) is 3.85. The van der Waals surface area contributed by atoms with E-state index >= 15 is 8.78 Å². The second kappa shape index (κ2) is 10.2. The Bertz CT molecular complexity index is 1020. The summed E-state index contributed by atoms with van der Waals surface area (Å²) in [5.41, 5.74) is -0.281. The second-order valence-corrected chi connectivity index (χ2v) is 11.7. The van der Waals surface area contributed by atoms with Crippen LogP contribution in [0.5, 0.6) is 0 Å².